The maximum Gasteiger partial charge on any atom is 0.635 e. The first-order valence-electron chi connectivity index (χ1n) is 9.02. The fourth-order valence-electron chi connectivity index (χ4n) is 3.14. The topological polar surface area (TPSA) is 111 Å². The molecule has 1 aliphatic heterocycles. The summed E-state index contributed by atoms with van der Waals surface area (Å²) in [6, 6.07) is 8.65. The van der Waals surface area contributed by atoms with Crippen molar-refractivity contribution in [3.8, 4) is 0 Å². The van der Waals surface area contributed by atoms with Gasteiger partial charge in [-0.05, 0) is 30.9 Å². The molecule has 2 rings (SSSR count). The van der Waals surface area contributed by atoms with Crippen LogP contribution in [0.15, 0.2) is 43.0 Å². The Bertz CT molecular complexity index is 629. The lowest BCUT2D eigenvalue weighted by atomic mass is 10.0. The molecule has 1 fully saturated rings. The van der Waals surface area contributed by atoms with Gasteiger partial charge in [0.1, 0.15) is 6.23 Å². The summed E-state index contributed by atoms with van der Waals surface area (Å²) < 4.78 is 4.95. The predicted molar refractivity (Wildman–Crippen MR) is 101 cm³/mol. The van der Waals surface area contributed by atoms with Gasteiger partial charge in [-0.15, -0.1) is 0 Å². The number of carbonyl (C=O) groups excluding carboxylic acids is 2. The highest BCUT2D eigenvalue weighted by Crippen LogP contribution is 2.16. The van der Waals surface area contributed by atoms with Crippen molar-refractivity contribution >= 4 is 19.3 Å². The number of hydrogen-bond donors (Lipinski definition) is 4. The predicted octanol–water partition coefficient (Wildman–Crippen LogP) is 0.408. The molecule has 0 aliphatic carbocycles. The Kier molecular flexibility index (Phi) is 8.31. The molecule has 1 aliphatic rings. The zero-order valence-electron chi connectivity index (χ0n) is 15.2. The number of amides is 3. The average Bonchev–Trinajstić information content (AvgIpc) is 2.66. The molecule has 146 valence electrons. The normalized spacial score (nSPS) is 17.7. The summed E-state index contributed by atoms with van der Waals surface area (Å²) in [5, 5.41) is 23.5. The number of carbonyl (C=O) groups is 2. The van der Waals surface area contributed by atoms with Gasteiger partial charge in [0, 0.05) is 25.6 Å². The van der Waals surface area contributed by atoms with Crippen LogP contribution in [0.25, 0.3) is 0 Å². The summed E-state index contributed by atoms with van der Waals surface area (Å²) in [6.45, 7) is 4.46. The number of likely N-dealkylation sites (tertiary alicyclic amines) is 1. The highest BCUT2D eigenvalue weighted by molar-refractivity contribution is 6.32. The minimum absolute atomic E-state index is 0.0908. The van der Waals surface area contributed by atoms with Crippen molar-refractivity contribution in [2.24, 2.45) is 0 Å². The fraction of sp³-hybridized carbons (Fsp3) is 0.444. The summed E-state index contributed by atoms with van der Waals surface area (Å²) in [5.41, 5.74) is 0.874. The molecule has 8 nitrogen and oxygen atoms in total. The number of urea groups is 1. The monoisotopic (exact) mass is 375 g/mol. The van der Waals surface area contributed by atoms with E-state index >= 15 is 0 Å². The van der Waals surface area contributed by atoms with E-state index in [4.69, 9.17) is 14.7 Å². The SMILES string of the molecule is C=CC(=O)N1CCCC[C@H]1CNC(=O)N[C@@H](Cc1ccccc1)OB(O)O. The van der Waals surface area contributed by atoms with E-state index in [-0.39, 0.29) is 18.4 Å². The van der Waals surface area contributed by atoms with E-state index in [0.29, 0.717) is 13.1 Å². The van der Waals surface area contributed by atoms with Crippen LogP contribution in [-0.2, 0) is 15.9 Å². The zero-order chi connectivity index (χ0) is 19.6. The van der Waals surface area contributed by atoms with Gasteiger partial charge in [0.2, 0.25) is 5.91 Å². The van der Waals surface area contributed by atoms with E-state index < -0.39 is 19.6 Å². The maximum absolute atomic E-state index is 12.2. The molecule has 0 saturated carbocycles. The van der Waals surface area contributed by atoms with Gasteiger partial charge in [0.15, 0.2) is 0 Å². The first-order valence-corrected chi connectivity index (χ1v) is 9.02. The van der Waals surface area contributed by atoms with Crippen molar-refractivity contribution < 1.29 is 24.3 Å². The van der Waals surface area contributed by atoms with Gasteiger partial charge < -0.3 is 30.2 Å². The highest BCUT2D eigenvalue weighted by atomic mass is 16.6. The van der Waals surface area contributed by atoms with Crippen molar-refractivity contribution in [1.82, 2.24) is 15.5 Å². The van der Waals surface area contributed by atoms with Crippen LogP contribution >= 0.6 is 0 Å². The van der Waals surface area contributed by atoms with Gasteiger partial charge in [0.05, 0.1) is 0 Å². The van der Waals surface area contributed by atoms with Crippen LogP contribution in [0.1, 0.15) is 24.8 Å². The Morgan fingerprint density at radius 3 is 2.74 bits per heavy atom. The van der Waals surface area contributed by atoms with Gasteiger partial charge in [-0.25, -0.2) is 4.79 Å². The molecule has 0 bridgehead atoms. The second-order valence-electron chi connectivity index (χ2n) is 6.38. The molecule has 0 unspecified atom stereocenters. The van der Waals surface area contributed by atoms with Crippen molar-refractivity contribution in [3.63, 3.8) is 0 Å². The number of hydrogen-bond acceptors (Lipinski definition) is 5. The second-order valence-corrected chi connectivity index (χ2v) is 6.38. The molecule has 0 aromatic heterocycles. The summed E-state index contributed by atoms with van der Waals surface area (Å²) in [4.78, 5) is 25.9. The van der Waals surface area contributed by atoms with Crippen LogP contribution < -0.4 is 10.6 Å². The van der Waals surface area contributed by atoms with Gasteiger partial charge in [-0.3, -0.25) is 4.79 Å². The molecule has 1 heterocycles. The Labute approximate surface area is 159 Å². The molecule has 9 heteroatoms. The number of piperidine rings is 1. The third kappa shape index (κ3) is 7.05. The first-order chi connectivity index (χ1) is 13.0. The van der Waals surface area contributed by atoms with E-state index in [1.54, 1.807) is 4.90 Å². The van der Waals surface area contributed by atoms with Crippen LogP contribution in [-0.4, -0.2) is 59.6 Å². The Hall–Kier alpha value is -2.36. The first kappa shape index (κ1) is 21.0. The molecule has 1 aromatic carbocycles. The van der Waals surface area contributed by atoms with Gasteiger partial charge in [-0.1, -0.05) is 36.9 Å². The number of rotatable bonds is 8. The third-order valence-electron chi connectivity index (χ3n) is 4.43. The van der Waals surface area contributed by atoms with E-state index in [0.717, 1.165) is 24.8 Å². The van der Waals surface area contributed by atoms with Crippen molar-refractivity contribution in [1.29, 1.82) is 0 Å². The van der Waals surface area contributed by atoms with Gasteiger partial charge in [-0.2, -0.15) is 0 Å². The van der Waals surface area contributed by atoms with Gasteiger partial charge >= 0.3 is 13.4 Å². The Balaban J connectivity index is 1.88. The molecule has 3 amide bonds. The molecule has 0 spiro atoms. The smallest absolute Gasteiger partial charge is 0.402 e. The highest BCUT2D eigenvalue weighted by Gasteiger charge is 2.26. The molecule has 1 aromatic rings. The average molecular weight is 375 g/mol. The minimum Gasteiger partial charge on any atom is -0.402 e. The van der Waals surface area contributed by atoms with Crippen LogP contribution in [0.2, 0.25) is 0 Å². The number of benzene rings is 1. The number of nitrogens with one attached hydrogen (secondary N) is 2. The van der Waals surface area contributed by atoms with Gasteiger partial charge in [0.25, 0.3) is 0 Å². The van der Waals surface area contributed by atoms with Crippen LogP contribution in [0.5, 0.6) is 0 Å². The zero-order valence-corrected chi connectivity index (χ0v) is 15.2. The Morgan fingerprint density at radius 2 is 2.07 bits per heavy atom. The lowest BCUT2D eigenvalue weighted by Gasteiger charge is -2.35. The molecular formula is C18H26BN3O5. The Morgan fingerprint density at radius 1 is 1.33 bits per heavy atom. The summed E-state index contributed by atoms with van der Waals surface area (Å²) in [5.74, 6) is -0.143. The maximum atomic E-state index is 12.2. The molecule has 27 heavy (non-hydrogen) atoms. The van der Waals surface area contributed by atoms with Crippen molar-refractivity contribution in [3.05, 3.63) is 48.6 Å². The second kappa shape index (κ2) is 10.7. The van der Waals surface area contributed by atoms with Crippen LogP contribution in [0.3, 0.4) is 0 Å². The van der Waals surface area contributed by atoms with E-state index in [1.165, 1.54) is 6.08 Å². The van der Waals surface area contributed by atoms with Crippen LogP contribution in [0.4, 0.5) is 4.79 Å². The number of nitrogens with zero attached hydrogens (tertiary/aromatic N) is 1. The summed E-state index contributed by atoms with van der Waals surface area (Å²) in [7, 11) is -2.00. The lowest BCUT2D eigenvalue weighted by Crippen LogP contribution is -2.52. The quantitative estimate of drug-likeness (QED) is 0.299. The van der Waals surface area contributed by atoms with E-state index in [9.17, 15) is 9.59 Å². The molecule has 4 N–H and O–H groups in total. The largest absolute Gasteiger partial charge is 0.635 e. The summed E-state index contributed by atoms with van der Waals surface area (Å²) in [6.07, 6.45) is 3.37. The summed E-state index contributed by atoms with van der Waals surface area (Å²) >= 11 is 0. The van der Waals surface area contributed by atoms with Crippen LogP contribution in [0, 0.1) is 0 Å². The fourth-order valence-corrected chi connectivity index (χ4v) is 3.14. The third-order valence-corrected chi connectivity index (χ3v) is 4.43. The van der Waals surface area contributed by atoms with E-state index in [2.05, 4.69) is 17.2 Å². The molecular weight excluding hydrogens is 349 g/mol. The molecule has 1 saturated heterocycles. The van der Waals surface area contributed by atoms with E-state index in [1.807, 2.05) is 30.3 Å². The minimum atomic E-state index is -2.00. The van der Waals surface area contributed by atoms with Crippen molar-refractivity contribution in [2.45, 2.75) is 38.0 Å². The lowest BCUT2D eigenvalue weighted by molar-refractivity contribution is -0.129. The molecule has 2 atom stereocenters. The molecule has 0 radical (unpaired) electrons. The van der Waals surface area contributed by atoms with Crippen molar-refractivity contribution in [2.75, 3.05) is 13.1 Å². The standard InChI is InChI=1S/C18H26BN3O5/c1-2-17(23)22-11-7-6-10-15(22)13-20-18(24)21-16(27-19(25)26)12-14-8-4-3-5-9-14/h2-5,8-9,15-16,25-26H,1,6-7,10-13H2,(H2,20,21,24)/t15-,16+/m0/s1.